The number of hydrogen-bond donors (Lipinski definition) is 2. The molecule has 0 fully saturated rings. The molecule has 1 aliphatic carbocycles. The van der Waals surface area contributed by atoms with Crippen molar-refractivity contribution in [1.82, 2.24) is 0 Å². The number of benzene rings is 10. The second-order valence-electron chi connectivity index (χ2n) is 14.7. The molecule has 0 saturated heterocycles. The quantitative estimate of drug-likeness (QED) is 0.179. The third-order valence-corrected chi connectivity index (χ3v) is 11.9. The highest BCUT2D eigenvalue weighted by Crippen LogP contribution is 2.58. The molecule has 0 saturated carbocycles. The predicted octanol–water partition coefficient (Wildman–Crippen LogP) is 13.4. The van der Waals surface area contributed by atoms with Crippen LogP contribution in [0.1, 0.15) is 22.3 Å². The molecule has 0 amide bonds. The summed E-state index contributed by atoms with van der Waals surface area (Å²) < 4.78 is 0. The Labute approximate surface area is 318 Å². The zero-order valence-corrected chi connectivity index (χ0v) is 29.9. The van der Waals surface area contributed by atoms with Crippen LogP contribution in [-0.4, -0.2) is 10.2 Å². The third-order valence-electron chi connectivity index (χ3n) is 11.9. The Morgan fingerprint density at radius 3 is 1.07 bits per heavy atom. The molecule has 0 aromatic heterocycles. The second-order valence-corrected chi connectivity index (χ2v) is 14.7. The van der Waals surface area contributed by atoms with Crippen LogP contribution in [0.5, 0.6) is 11.5 Å². The lowest BCUT2D eigenvalue weighted by atomic mass is 9.67. The highest BCUT2D eigenvalue weighted by Gasteiger charge is 2.46. The normalized spacial score (nSPS) is 13.0. The zero-order chi connectivity index (χ0) is 36.7. The Balaban J connectivity index is 1.23. The van der Waals surface area contributed by atoms with Crippen molar-refractivity contribution in [3.8, 4) is 44.9 Å². The summed E-state index contributed by atoms with van der Waals surface area (Å²) in [6, 6.07) is 68.6. The molecule has 0 bridgehead atoms. The van der Waals surface area contributed by atoms with Gasteiger partial charge in [-0.3, -0.25) is 0 Å². The number of hydrogen-bond acceptors (Lipinski definition) is 2. The largest absolute Gasteiger partial charge is 0.508 e. The molecule has 55 heavy (non-hydrogen) atoms. The van der Waals surface area contributed by atoms with E-state index in [1.165, 1.54) is 54.2 Å². The summed E-state index contributed by atoms with van der Waals surface area (Å²) in [7, 11) is 0. The van der Waals surface area contributed by atoms with Crippen molar-refractivity contribution in [1.29, 1.82) is 0 Å². The van der Waals surface area contributed by atoms with Crippen molar-refractivity contribution in [2.75, 3.05) is 0 Å². The maximum absolute atomic E-state index is 10.5. The minimum Gasteiger partial charge on any atom is -0.508 e. The molecule has 1 aliphatic rings. The monoisotopic (exact) mass is 702 g/mol. The first-order valence-electron chi connectivity index (χ1n) is 18.8. The molecule has 0 atom stereocenters. The van der Waals surface area contributed by atoms with Crippen LogP contribution in [0, 0.1) is 0 Å². The zero-order valence-electron chi connectivity index (χ0n) is 29.9. The molecule has 0 radical (unpaired) electrons. The molecular formula is C53H34O2. The lowest BCUT2D eigenvalue weighted by Gasteiger charge is -2.34. The molecule has 0 heterocycles. The summed E-state index contributed by atoms with van der Waals surface area (Å²) in [5, 5.41) is 30.8. The van der Waals surface area contributed by atoms with Gasteiger partial charge in [0, 0.05) is 0 Å². The van der Waals surface area contributed by atoms with E-state index in [-0.39, 0.29) is 11.5 Å². The summed E-state index contributed by atoms with van der Waals surface area (Å²) in [6.07, 6.45) is 0. The van der Waals surface area contributed by atoms with Gasteiger partial charge in [-0.25, -0.2) is 0 Å². The van der Waals surface area contributed by atoms with Gasteiger partial charge in [0.15, 0.2) is 0 Å². The van der Waals surface area contributed by atoms with E-state index in [9.17, 15) is 10.2 Å². The Kier molecular flexibility index (Phi) is 6.80. The highest BCUT2D eigenvalue weighted by atomic mass is 16.3. The topological polar surface area (TPSA) is 40.5 Å². The molecule has 0 aliphatic heterocycles. The summed E-state index contributed by atoms with van der Waals surface area (Å²) >= 11 is 0. The van der Waals surface area contributed by atoms with Gasteiger partial charge in [-0.2, -0.15) is 0 Å². The predicted molar refractivity (Wildman–Crippen MR) is 228 cm³/mol. The fourth-order valence-electron chi connectivity index (χ4n) is 9.47. The molecule has 0 unspecified atom stereocenters. The summed E-state index contributed by atoms with van der Waals surface area (Å²) in [5.74, 6) is 0.445. The van der Waals surface area contributed by atoms with Crippen LogP contribution in [0.15, 0.2) is 194 Å². The summed E-state index contributed by atoms with van der Waals surface area (Å²) in [4.78, 5) is 0. The van der Waals surface area contributed by atoms with Crippen LogP contribution in [0.25, 0.3) is 76.5 Å². The molecule has 10 aromatic carbocycles. The maximum Gasteiger partial charge on any atom is 0.115 e. The highest BCUT2D eigenvalue weighted by molar-refractivity contribution is 6.15. The van der Waals surface area contributed by atoms with Crippen molar-refractivity contribution in [3.05, 3.63) is 216 Å². The second kappa shape index (κ2) is 11.9. The number of rotatable bonds is 4. The Hall–Kier alpha value is -7.16. The van der Waals surface area contributed by atoms with E-state index >= 15 is 0 Å². The number of phenols is 2. The smallest absolute Gasteiger partial charge is 0.115 e. The number of aromatic hydroxyl groups is 2. The van der Waals surface area contributed by atoms with E-state index in [0.717, 1.165) is 44.5 Å². The Morgan fingerprint density at radius 2 is 0.655 bits per heavy atom. The minimum absolute atomic E-state index is 0.222. The van der Waals surface area contributed by atoms with E-state index in [0.29, 0.717) is 0 Å². The molecular weight excluding hydrogens is 669 g/mol. The molecule has 11 rings (SSSR count). The lowest BCUT2D eigenvalue weighted by Crippen LogP contribution is -2.28. The lowest BCUT2D eigenvalue weighted by molar-refractivity contribution is 0.475. The number of fused-ring (bicyclic) bond motifs is 9. The van der Waals surface area contributed by atoms with Gasteiger partial charge in [0.2, 0.25) is 0 Å². The van der Waals surface area contributed by atoms with Crippen molar-refractivity contribution in [3.63, 3.8) is 0 Å². The van der Waals surface area contributed by atoms with Gasteiger partial charge in [-0.1, -0.05) is 146 Å². The first kappa shape index (κ1) is 31.4. The van der Waals surface area contributed by atoms with Crippen molar-refractivity contribution in [2.45, 2.75) is 5.41 Å². The van der Waals surface area contributed by atoms with E-state index in [1.54, 1.807) is 24.3 Å². The van der Waals surface area contributed by atoms with Gasteiger partial charge in [0.05, 0.1) is 5.41 Å². The van der Waals surface area contributed by atoms with Crippen LogP contribution in [0.4, 0.5) is 0 Å². The summed E-state index contributed by atoms with van der Waals surface area (Å²) in [5.41, 5.74) is 10.7. The van der Waals surface area contributed by atoms with Crippen LogP contribution < -0.4 is 0 Å². The third kappa shape index (κ3) is 4.62. The Bertz CT molecular complexity index is 2940. The van der Waals surface area contributed by atoms with Crippen LogP contribution in [0.3, 0.4) is 0 Å². The van der Waals surface area contributed by atoms with Crippen LogP contribution in [0.2, 0.25) is 0 Å². The van der Waals surface area contributed by atoms with Gasteiger partial charge in [-0.15, -0.1) is 0 Å². The first-order valence-corrected chi connectivity index (χ1v) is 18.8. The first-order chi connectivity index (χ1) is 27.1. The van der Waals surface area contributed by atoms with Gasteiger partial charge in [0.1, 0.15) is 11.5 Å². The van der Waals surface area contributed by atoms with Crippen molar-refractivity contribution < 1.29 is 10.2 Å². The van der Waals surface area contributed by atoms with Gasteiger partial charge in [-0.05, 0) is 147 Å². The molecule has 2 nitrogen and oxygen atoms in total. The molecule has 258 valence electrons. The maximum atomic E-state index is 10.5. The number of phenolic OH excluding ortho intramolecular Hbond substituents is 2. The van der Waals surface area contributed by atoms with E-state index in [4.69, 9.17) is 0 Å². The van der Waals surface area contributed by atoms with Crippen LogP contribution >= 0.6 is 0 Å². The SMILES string of the molecule is Oc1ccc(C2(c3ccc(O)cc3)c3ccc(-c4cc5ccccc5c5ccccc45)cc3-c3cc(-c4cc5ccccc5c5ccccc45)ccc32)cc1. The Morgan fingerprint density at radius 1 is 0.291 bits per heavy atom. The van der Waals surface area contributed by atoms with E-state index < -0.39 is 5.41 Å². The average molecular weight is 703 g/mol. The fraction of sp³-hybridized carbons (Fsp3) is 0.0189. The molecule has 2 N–H and O–H groups in total. The van der Waals surface area contributed by atoms with Gasteiger partial charge in [0.25, 0.3) is 0 Å². The average Bonchev–Trinajstić information content (AvgIpc) is 3.53. The fourth-order valence-corrected chi connectivity index (χ4v) is 9.47. The summed E-state index contributed by atoms with van der Waals surface area (Å²) in [6.45, 7) is 0. The minimum atomic E-state index is -0.708. The van der Waals surface area contributed by atoms with E-state index in [1.807, 2.05) is 24.3 Å². The van der Waals surface area contributed by atoms with Crippen LogP contribution in [-0.2, 0) is 5.41 Å². The van der Waals surface area contributed by atoms with Gasteiger partial charge >= 0.3 is 0 Å². The molecule has 2 heteroatoms. The van der Waals surface area contributed by atoms with E-state index in [2.05, 4.69) is 146 Å². The molecule has 0 spiro atoms. The van der Waals surface area contributed by atoms with Gasteiger partial charge < -0.3 is 10.2 Å². The van der Waals surface area contributed by atoms with Crippen molar-refractivity contribution in [2.24, 2.45) is 0 Å². The standard InChI is InChI=1S/C53H34O2/c54-39-23-19-37(20-24-39)53(38-21-25-40(55)26-22-38)51-27-17-35(47-29-33-9-1-3-11-41(33)43-13-5-7-15-45(43)47)31-49(51)50-32-36(18-28-52(50)53)48-30-34-10-2-4-12-42(34)44-14-6-8-16-46(44)48/h1-32,54-55H. The molecule has 10 aromatic rings. The van der Waals surface area contributed by atoms with Crippen molar-refractivity contribution >= 4 is 43.1 Å².